The molecule has 0 spiro atoms. The Bertz CT molecular complexity index is 1030. The Balaban J connectivity index is 2.00. The van der Waals surface area contributed by atoms with Crippen molar-refractivity contribution < 1.29 is 22.3 Å². The van der Waals surface area contributed by atoms with E-state index in [0.717, 1.165) is 6.07 Å². The van der Waals surface area contributed by atoms with Gasteiger partial charge in [-0.15, -0.1) is 0 Å². The van der Waals surface area contributed by atoms with E-state index in [1.54, 1.807) is 19.9 Å². The molecule has 0 aliphatic rings. The van der Waals surface area contributed by atoms with Gasteiger partial charge in [-0.2, -0.15) is 4.98 Å². The number of nitrogens with one attached hydrogen (secondary N) is 1. The van der Waals surface area contributed by atoms with Gasteiger partial charge in [0.15, 0.2) is 5.65 Å². The fourth-order valence-corrected chi connectivity index (χ4v) is 3.26. The third-order valence-corrected chi connectivity index (χ3v) is 4.72. The van der Waals surface area contributed by atoms with Crippen molar-refractivity contribution in [1.82, 2.24) is 15.0 Å². The van der Waals surface area contributed by atoms with Crippen molar-refractivity contribution in [3.05, 3.63) is 51.5 Å². The summed E-state index contributed by atoms with van der Waals surface area (Å²) in [6.45, 7) is 2.48. The van der Waals surface area contributed by atoms with Gasteiger partial charge in [-0.1, -0.05) is 18.2 Å². The molecular formula is C19H17BrF4N4O. The highest BCUT2D eigenvalue weighted by Crippen LogP contribution is 2.33. The van der Waals surface area contributed by atoms with Gasteiger partial charge in [0, 0.05) is 5.56 Å². The molecule has 3 rings (SSSR count). The van der Waals surface area contributed by atoms with E-state index in [-0.39, 0.29) is 18.1 Å². The van der Waals surface area contributed by atoms with E-state index < -0.39 is 30.5 Å². The van der Waals surface area contributed by atoms with E-state index in [1.165, 1.54) is 12.1 Å². The molecule has 1 unspecified atom stereocenters. The molecule has 0 aliphatic heterocycles. The molecule has 2 heterocycles. The summed E-state index contributed by atoms with van der Waals surface area (Å²) in [6, 6.07) is 4.87. The highest BCUT2D eigenvalue weighted by molar-refractivity contribution is 9.10. The van der Waals surface area contributed by atoms with E-state index in [0.29, 0.717) is 27.1 Å². The first-order valence-electron chi connectivity index (χ1n) is 8.68. The van der Waals surface area contributed by atoms with E-state index in [1.807, 2.05) is 0 Å². The number of aromatic nitrogens is 3. The normalized spacial score (nSPS) is 12.4. The molecule has 0 bridgehead atoms. The number of ether oxygens (including phenoxy) is 1. The van der Waals surface area contributed by atoms with Crippen LogP contribution >= 0.6 is 15.9 Å². The van der Waals surface area contributed by atoms with E-state index in [4.69, 9.17) is 4.74 Å². The molecule has 3 aromatic rings. The minimum Gasteiger partial charge on any atom is -0.474 e. The molecular weight excluding hydrogens is 456 g/mol. The first kappa shape index (κ1) is 21.2. The molecule has 0 radical (unpaired) electrons. The van der Waals surface area contributed by atoms with Crippen molar-refractivity contribution in [2.24, 2.45) is 0 Å². The van der Waals surface area contributed by atoms with Crippen molar-refractivity contribution in [1.29, 1.82) is 0 Å². The van der Waals surface area contributed by atoms with Crippen LogP contribution in [0.25, 0.3) is 11.0 Å². The molecule has 5 nitrogen and oxygen atoms in total. The van der Waals surface area contributed by atoms with Crippen LogP contribution in [0.1, 0.15) is 36.3 Å². The van der Waals surface area contributed by atoms with E-state index in [9.17, 15) is 17.6 Å². The van der Waals surface area contributed by atoms with Gasteiger partial charge < -0.3 is 10.1 Å². The van der Waals surface area contributed by atoms with Crippen LogP contribution in [-0.4, -0.2) is 28.2 Å². The zero-order valence-electron chi connectivity index (χ0n) is 15.5. The number of hydrogen-bond acceptors (Lipinski definition) is 5. The summed E-state index contributed by atoms with van der Waals surface area (Å²) in [5.74, 6) is -0.0333. The maximum absolute atomic E-state index is 14.5. The first-order valence-corrected chi connectivity index (χ1v) is 9.47. The fraction of sp³-hybridized carbons (Fsp3) is 0.316. The van der Waals surface area contributed by atoms with Gasteiger partial charge in [0.25, 0.3) is 6.43 Å². The lowest BCUT2D eigenvalue weighted by Crippen LogP contribution is -2.12. The minimum atomic E-state index is -2.91. The molecule has 0 saturated carbocycles. The van der Waals surface area contributed by atoms with Crippen molar-refractivity contribution >= 4 is 32.8 Å². The lowest BCUT2D eigenvalue weighted by Gasteiger charge is -2.19. The molecule has 10 heteroatoms. The summed E-state index contributed by atoms with van der Waals surface area (Å²) in [6.07, 6.45) is -2.91. The Morgan fingerprint density at radius 1 is 1.17 bits per heavy atom. The first-order chi connectivity index (χ1) is 13.8. The number of rotatable bonds is 7. The van der Waals surface area contributed by atoms with Crippen molar-refractivity contribution in [2.75, 3.05) is 18.6 Å². The number of pyridine rings is 1. The van der Waals surface area contributed by atoms with Gasteiger partial charge in [0.05, 0.1) is 21.5 Å². The number of nitrogens with zero attached hydrogens (tertiary/aromatic N) is 3. The predicted octanol–water partition coefficient (Wildman–Crippen LogP) is 5.69. The van der Waals surface area contributed by atoms with Gasteiger partial charge in [0.1, 0.15) is 30.7 Å². The maximum Gasteiger partial charge on any atom is 0.266 e. The van der Waals surface area contributed by atoms with Crippen LogP contribution in [0.15, 0.2) is 28.7 Å². The predicted molar refractivity (Wildman–Crippen MR) is 105 cm³/mol. The Kier molecular flexibility index (Phi) is 6.51. The Labute approximate surface area is 172 Å². The van der Waals surface area contributed by atoms with Crippen molar-refractivity contribution in [3.63, 3.8) is 0 Å². The average molecular weight is 473 g/mol. The second kappa shape index (κ2) is 8.89. The molecule has 1 atom stereocenters. The summed E-state index contributed by atoms with van der Waals surface area (Å²) in [5.41, 5.74) is -0.271. The molecule has 1 aromatic carbocycles. The van der Waals surface area contributed by atoms with Crippen LogP contribution in [0.2, 0.25) is 0 Å². The third kappa shape index (κ3) is 4.58. The monoisotopic (exact) mass is 472 g/mol. The lowest BCUT2D eigenvalue weighted by atomic mass is 10.0. The number of aryl methyl sites for hydroxylation is 1. The largest absolute Gasteiger partial charge is 0.474 e. The average Bonchev–Trinajstić information content (AvgIpc) is 2.66. The molecule has 0 saturated heterocycles. The molecule has 0 fully saturated rings. The highest BCUT2D eigenvalue weighted by Gasteiger charge is 2.21. The van der Waals surface area contributed by atoms with E-state index >= 15 is 0 Å². The molecule has 0 aliphatic carbocycles. The lowest BCUT2D eigenvalue weighted by molar-refractivity contribution is 0.146. The van der Waals surface area contributed by atoms with Crippen LogP contribution in [0.3, 0.4) is 0 Å². The van der Waals surface area contributed by atoms with Crippen LogP contribution in [0.4, 0.5) is 23.4 Å². The zero-order valence-corrected chi connectivity index (χ0v) is 17.1. The number of halogens is 5. The molecule has 2 aromatic heterocycles. The molecule has 1 N–H and O–H groups in total. The topological polar surface area (TPSA) is 59.9 Å². The highest BCUT2D eigenvalue weighted by atomic mass is 79.9. The van der Waals surface area contributed by atoms with Crippen molar-refractivity contribution in [2.45, 2.75) is 26.3 Å². The molecule has 0 amide bonds. The van der Waals surface area contributed by atoms with Gasteiger partial charge in [0.2, 0.25) is 5.88 Å². The van der Waals surface area contributed by atoms with Crippen LogP contribution in [-0.2, 0) is 0 Å². The fourth-order valence-electron chi connectivity index (χ4n) is 2.82. The second-order valence-corrected chi connectivity index (χ2v) is 7.07. The summed E-state index contributed by atoms with van der Waals surface area (Å²) in [4.78, 5) is 12.9. The van der Waals surface area contributed by atoms with Gasteiger partial charge in [-0.3, -0.25) is 0 Å². The number of alkyl halides is 3. The zero-order chi connectivity index (χ0) is 21.1. The Hall–Kier alpha value is -2.49. The standard InChI is InChI=1S/C19H17BrF4N4O/c1-9(11-4-3-5-12(15(11)22)16(23)24)25-17-13-8-14(20)19(29-7-6-21)28-18(13)27-10(2)26-17/h3-5,8-9,16H,6-7H2,1-2H3,(H,25,26,27,28). The van der Waals surface area contributed by atoms with Crippen LogP contribution in [0.5, 0.6) is 5.88 Å². The van der Waals surface area contributed by atoms with E-state index in [2.05, 4.69) is 36.2 Å². The summed E-state index contributed by atoms with van der Waals surface area (Å²) >= 11 is 3.31. The Morgan fingerprint density at radius 3 is 2.59 bits per heavy atom. The summed E-state index contributed by atoms with van der Waals surface area (Å²) in [7, 11) is 0. The Morgan fingerprint density at radius 2 is 1.90 bits per heavy atom. The maximum atomic E-state index is 14.5. The third-order valence-electron chi connectivity index (χ3n) is 4.15. The number of benzene rings is 1. The minimum absolute atomic E-state index is 0.0853. The number of fused-ring (bicyclic) bond motifs is 1. The smallest absolute Gasteiger partial charge is 0.266 e. The molecule has 29 heavy (non-hydrogen) atoms. The van der Waals surface area contributed by atoms with Crippen LogP contribution in [0, 0.1) is 12.7 Å². The van der Waals surface area contributed by atoms with Crippen LogP contribution < -0.4 is 10.1 Å². The summed E-state index contributed by atoms with van der Waals surface area (Å²) in [5, 5.41) is 3.55. The molecule has 154 valence electrons. The second-order valence-electron chi connectivity index (χ2n) is 6.22. The van der Waals surface area contributed by atoms with Gasteiger partial charge >= 0.3 is 0 Å². The van der Waals surface area contributed by atoms with Gasteiger partial charge in [-0.25, -0.2) is 27.5 Å². The quantitative estimate of drug-likeness (QED) is 0.447. The number of anilines is 1. The SMILES string of the molecule is Cc1nc(NC(C)c2cccc(C(F)F)c2F)c2cc(Br)c(OCCF)nc2n1. The summed E-state index contributed by atoms with van der Waals surface area (Å²) < 4.78 is 58.6. The van der Waals surface area contributed by atoms with Crippen molar-refractivity contribution in [3.8, 4) is 5.88 Å². The number of hydrogen-bond donors (Lipinski definition) is 1. The van der Waals surface area contributed by atoms with Gasteiger partial charge in [-0.05, 0) is 35.8 Å².